The van der Waals surface area contributed by atoms with Gasteiger partial charge in [0.25, 0.3) is 0 Å². The number of aromatic nitrogens is 4. The monoisotopic (exact) mass is 354 g/mol. The lowest BCUT2D eigenvalue weighted by molar-refractivity contribution is 0.354. The third-order valence-electron chi connectivity index (χ3n) is 4.84. The number of aryl methyl sites for hydroxylation is 1. The Balaban J connectivity index is 1.75. The molecule has 4 rings (SSSR count). The predicted molar refractivity (Wildman–Crippen MR) is 101 cm³/mol. The van der Waals surface area contributed by atoms with E-state index in [2.05, 4.69) is 29.2 Å². The number of hydrogen-bond acceptors (Lipinski definition) is 5. The number of piperidine rings is 1. The molecule has 1 aromatic carbocycles. The first-order chi connectivity index (χ1) is 12.5. The standard InChI is InChI=1S/C19H23FN6/c1-12-8-13(2)11-26(10-12)19-23-17(16-9-21-25(3)18(16)24-19)22-15-6-4-14(20)5-7-15/h4-7,9,12-13H,8,10-11H2,1-3H3,(H,22,23,24)/t12-,13+. The van der Waals surface area contributed by atoms with Crippen LogP contribution in [0.4, 0.5) is 21.8 Å². The third-order valence-corrected chi connectivity index (χ3v) is 4.84. The molecule has 0 bridgehead atoms. The van der Waals surface area contributed by atoms with Gasteiger partial charge < -0.3 is 10.2 Å². The van der Waals surface area contributed by atoms with Crippen molar-refractivity contribution in [2.24, 2.45) is 18.9 Å². The van der Waals surface area contributed by atoms with Crippen LogP contribution in [0.2, 0.25) is 0 Å². The number of nitrogens with one attached hydrogen (secondary N) is 1. The maximum Gasteiger partial charge on any atom is 0.229 e. The Morgan fingerprint density at radius 2 is 1.77 bits per heavy atom. The van der Waals surface area contributed by atoms with Gasteiger partial charge in [-0.15, -0.1) is 0 Å². The second-order valence-corrected chi connectivity index (χ2v) is 7.36. The van der Waals surface area contributed by atoms with E-state index in [4.69, 9.17) is 9.97 Å². The van der Waals surface area contributed by atoms with Crippen LogP contribution in [-0.4, -0.2) is 32.8 Å². The van der Waals surface area contributed by atoms with Gasteiger partial charge in [-0.3, -0.25) is 4.68 Å². The zero-order valence-electron chi connectivity index (χ0n) is 15.3. The first-order valence-corrected chi connectivity index (χ1v) is 8.97. The molecule has 0 radical (unpaired) electrons. The maximum absolute atomic E-state index is 13.2. The molecule has 136 valence electrons. The average Bonchev–Trinajstić information content (AvgIpc) is 2.97. The lowest BCUT2D eigenvalue weighted by Crippen LogP contribution is -2.39. The number of nitrogens with zero attached hydrogens (tertiary/aromatic N) is 5. The highest BCUT2D eigenvalue weighted by Gasteiger charge is 2.25. The average molecular weight is 354 g/mol. The summed E-state index contributed by atoms with van der Waals surface area (Å²) in [4.78, 5) is 11.8. The van der Waals surface area contributed by atoms with Crippen LogP contribution in [0.15, 0.2) is 30.5 Å². The fraction of sp³-hybridized carbons (Fsp3) is 0.421. The number of benzene rings is 1. The summed E-state index contributed by atoms with van der Waals surface area (Å²) in [5, 5.41) is 8.46. The Kier molecular flexibility index (Phi) is 4.22. The summed E-state index contributed by atoms with van der Waals surface area (Å²) < 4.78 is 14.9. The molecule has 0 amide bonds. The molecule has 1 aliphatic rings. The van der Waals surface area contributed by atoms with E-state index in [-0.39, 0.29) is 5.82 Å². The van der Waals surface area contributed by atoms with Gasteiger partial charge in [0.2, 0.25) is 5.95 Å². The Bertz CT molecular complexity index is 910. The zero-order valence-corrected chi connectivity index (χ0v) is 15.3. The second kappa shape index (κ2) is 6.55. The van der Waals surface area contributed by atoms with Crippen molar-refractivity contribution in [2.75, 3.05) is 23.3 Å². The van der Waals surface area contributed by atoms with Gasteiger partial charge in [0.05, 0.1) is 11.6 Å². The number of hydrogen-bond donors (Lipinski definition) is 1. The third kappa shape index (κ3) is 3.21. The molecule has 0 saturated carbocycles. The summed E-state index contributed by atoms with van der Waals surface area (Å²) in [5.74, 6) is 2.36. The van der Waals surface area contributed by atoms with Crippen LogP contribution in [0.5, 0.6) is 0 Å². The summed E-state index contributed by atoms with van der Waals surface area (Å²) in [7, 11) is 1.88. The molecule has 0 spiro atoms. The van der Waals surface area contributed by atoms with Crippen molar-refractivity contribution >= 4 is 28.5 Å². The molecular formula is C19H23FN6. The normalized spacial score (nSPS) is 20.5. The van der Waals surface area contributed by atoms with Gasteiger partial charge in [0.1, 0.15) is 11.6 Å². The van der Waals surface area contributed by atoms with Crippen molar-refractivity contribution < 1.29 is 4.39 Å². The zero-order chi connectivity index (χ0) is 18.3. The van der Waals surface area contributed by atoms with Crippen molar-refractivity contribution in [3.8, 4) is 0 Å². The number of halogens is 1. The molecule has 26 heavy (non-hydrogen) atoms. The van der Waals surface area contributed by atoms with E-state index in [0.717, 1.165) is 29.8 Å². The van der Waals surface area contributed by atoms with Crippen molar-refractivity contribution in [1.29, 1.82) is 0 Å². The van der Waals surface area contributed by atoms with E-state index in [1.807, 2.05) is 7.05 Å². The van der Waals surface area contributed by atoms with E-state index in [9.17, 15) is 4.39 Å². The van der Waals surface area contributed by atoms with Crippen LogP contribution in [0.3, 0.4) is 0 Å². The minimum absolute atomic E-state index is 0.262. The molecule has 2 atom stereocenters. The molecule has 0 aliphatic carbocycles. The highest BCUT2D eigenvalue weighted by atomic mass is 19.1. The predicted octanol–water partition coefficient (Wildman–Crippen LogP) is 3.73. The quantitative estimate of drug-likeness (QED) is 0.777. The fourth-order valence-electron chi connectivity index (χ4n) is 3.74. The Hall–Kier alpha value is -2.70. The molecule has 2 aromatic heterocycles. The summed E-state index contributed by atoms with van der Waals surface area (Å²) in [5.41, 5.74) is 1.56. The second-order valence-electron chi connectivity index (χ2n) is 7.36. The Labute approximate surface area is 152 Å². The van der Waals surface area contributed by atoms with Crippen LogP contribution in [0.25, 0.3) is 11.0 Å². The Morgan fingerprint density at radius 1 is 1.08 bits per heavy atom. The molecular weight excluding hydrogens is 331 g/mol. The summed E-state index contributed by atoms with van der Waals surface area (Å²) in [6.07, 6.45) is 2.98. The highest BCUT2D eigenvalue weighted by Crippen LogP contribution is 2.29. The smallest absolute Gasteiger partial charge is 0.229 e. The van der Waals surface area contributed by atoms with E-state index in [1.54, 1.807) is 23.0 Å². The molecule has 1 fully saturated rings. The minimum atomic E-state index is -0.262. The first-order valence-electron chi connectivity index (χ1n) is 8.97. The summed E-state index contributed by atoms with van der Waals surface area (Å²) >= 11 is 0. The Morgan fingerprint density at radius 3 is 2.46 bits per heavy atom. The SMILES string of the molecule is C[C@@H]1C[C@H](C)CN(c2nc(Nc3ccc(F)cc3)c3cnn(C)c3n2)C1. The van der Waals surface area contributed by atoms with E-state index < -0.39 is 0 Å². The summed E-state index contributed by atoms with van der Waals surface area (Å²) in [6.45, 7) is 6.43. The molecule has 3 heterocycles. The van der Waals surface area contributed by atoms with Crippen LogP contribution in [0.1, 0.15) is 20.3 Å². The van der Waals surface area contributed by atoms with Crippen molar-refractivity contribution in [3.05, 3.63) is 36.3 Å². The molecule has 0 unspecified atom stereocenters. The van der Waals surface area contributed by atoms with Crippen LogP contribution in [-0.2, 0) is 7.05 Å². The number of fused-ring (bicyclic) bond motifs is 1. The van der Waals surface area contributed by atoms with Crippen molar-refractivity contribution in [3.63, 3.8) is 0 Å². The van der Waals surface area contributed by atoms with Crippen molar-refractivity contribution in [1.82, 2.24) is 19.7 Å². The van der Waals surface area contributed by atoms with Crippen LogP contribution in [0, 0.1) is 17.7 Å². The van der Waals surface area contributed by atoms with E-state index in [1.165, 1.54) is 18.6 Å². The lowest BCUT2D eigenvalue weighted by Gasteiger charge is -2.35. The topological polar surface area (TPSA) is 58.9 Å². The summed E-state index contributed by atoms with van der Waals surface area (Å²) in [6, 6.07) is 6.26. The molecule has 6 nitrogen and oxygen atoms in total. The first kappa shape index (κ1) is 16.8. The molecule has 1 aliphatic heterocycles. The molecule has 1 saturated heterocycles. The van der Waals surface area contributed by atoms with Gasteiger partial charge in [-0.2, -0.15) is 15.1 Å². The van der Waals surface area contributed by atoms with Gasteiger partial charge in [-0.25, -0.2) is 4.39 Å². The highest BCUT2D eigenvalue weighted by molar-refractivity contribution is 5.89. The fourth-order valence-corrected chi connectivity index (χ4v) is 3.74. The van der Waals surface area contributed by atoms with Gasteiger partial charge >= 0.3 is 0 Å². The molecule has 1 N–H and O–H groups in total. The molecule has 3 aromatic rings. The largest absolute Gasteiger partial charge is 0.340 e. The van der Waals surface area contributed by atoms with Gasteiger partial charge in [-0.1, -0.05) is 13.8 Å². The van der Waals surface area contributed by atoms with Crippen molar-refractivity contribution in [2.45, 2.75) is 20.3 Å². The van der Waals surface area contributed by atoms with Gasteiger partial charge in [0, 0.05) is 25.8 Å². The van der Waals surface area contributed by atoms with Gasteiger partial charge in [0.15, 0.2) is 5.65 Å². The van der Waals surface area contributed by atoms with Crippen LogP contribution < -0.4 is 10.2 Å². The maximum atomic E-state index is 13.2. The van der Waals surface area contributed by atoms with E-state index >= 15 is 0 Å². The number of rotatable bonds is 3. The van der Waals surface area contributed by atoms with Crippen LogP contribution >= 0.6 is 0 Å². The molecule has 7 heteroatoms. The lowest BCUT2D eigenvalue weighted by atomic mass is 9.92. The van der Waals surface area contributed by atoms with E-state index in [0.29, 0.717) is 23.6 Å². The van der Waals surface area contributed by atoms with Gasteiger partial charge in [-0.05, 0) is 42.5 Å². The number of anilines is 3. The minimum Gasteiger partial charge on any atom is -0.340 e.